The molecule has 0 spiro atoms. The maximum absolute atomic E-state index is 13.2. The number of halogens is 9. The van der Waals surface area contributed by atoms with Gasteiger partial charge in [-0.2, -0.15) is 5.26 Å². The van der Waals surface area contributed by atoms with Crippen LogP contribution in [0.3, 0.4) is 0 Å². The van der Waals surface area contributed by atoms with Gasteiger partial charge >= 0.3 is 48.4 Å². The largest absolute Gasteiger partial charge is 0.423 e. The second-order valence-corrected chi connectivity index (χ2v) is 31.8. The van der Waals surface area contributed by atoms with Crippen molar-refractivity contribution in [3.63, 3.8) is 0 Å². The van der Waals surface area contributed by atoms with Gasteiger partial charge in [0.15, 0.2) is 5.69 Å². The van der Waals surface area contributed by atoms with E-state index in [-0.39, 0.29) is 83.3 Å². The van der Waals surface area contributed by atoms with Crippen molar-refractivity contribution in [2.75, 3.05) is 0 Å². The number of aryl methyl sites for hydroxylation is 2. The topological polar surface area (TPSA) is 145 Å². The molecule has 14 aromatic rings. The molecule has 0 saturated carbocycles. The summed E-state index contributed by atoms with van der Waals surface area (Å²) < 4.78 is 119. The Bertz CT molecular complexity index is 6220. The van der Waals surface area contributed by atoms with E-state index >= 15 is 0 Å². The fourth-order valence-electron chi connectivity index (χ4n) is 16.0. The summed E-state index contributed by atoms with van der Waals surface area (Å²) in [6.07, 6.45) is 0. The highest BCUT2D eigenvalue weighted by Crippen LogP contribution is 2.23. The number of fused-ring (bicyclic) bond motifs is 7. The van der Waals surface area contributed by atoms with E-state index in [1.165, 1.54) is 82.8 Å². The molecule has 0 saturated heterocycles. The maximum atomic E-state index is 13.2. The number of nitrogens with zero attached hydrogens (tertiary/aromatic N) is 2. The van der Waals surface area contributed by atoms with Gasteiger partial charge in [-0.3, -0.25) is 0 Å². The number of hydrogen-bond donors (Lipinski definition) is 2. The van der Waals surface area contributed by atoms with Crippen molar-refractivity contribution in [1.29, 1.82) is 5.26 Å². The van der Waals surface area contributed by atoms with Crippen molar-refractivity contribution in [1.82, 2.24) is 0 Å². The third-order valence-electron chi connectivity index (χ3n) is 22.3. The van der Waals surface area contributed by atoms with E-state index in [4.69, 9.17) is 90.7 Å². The normalized spacial score (nSPS) is 13.7. The van der Waals surface area contributed by atoms with E-state index in [0.29, 0.717) is 80.6 Å². The molecular weight excluding hydrogens is 1630 g/mol. The van der Waals surface area contributed by atoms with E-state index in [2.05, 4.69) is 43.0 Å². The fourth-order valence-corrected chi connectivity index (χ4v) is 16.6. The molecule has 610 valence electrons. The molecule has 7 aliphatic heterocycles. The van der Waals surface area contributed by atoms with Crippen molar-refractivity contribution in [3.05, 3.63) is 419 Å². The Labute approximate surface area is 734 Å². The second kappa shape index (κ2) is 40.5. The van der Waals surface area contributed by atoms with Crippen LogP contribution in [-0.2, 0) is 91.9 Å². The van der Waals surface area contributed by atoms with Crippen LogP contribution in [0.2, 0.25) is 15.1 Å². The third kappa shape index (κ3) is 21.0. The Morgan fingerprint density at radius 2 is 0.613 bits per heavy atom. The molecule has 11 nitrogen and oxygen atoms in total. The van der Waals surface area contributed by atoms with Gasteiger partial charge in [0, 0.05) is 28.2 Å². The molecule has 7 aliphatic rings. The van der Waals surface area contributed by atoms with Gasteiger partial charge in [0.1, 0.15) is 34.9 Å². The van der Waals surface area contributed by atoms with Gasteiger partial charge in [0.05, 0.1) is 64.5 Å². The highest BCUT2D eigenvalue weighted by molar-refractivity contribution is 6.84. The van der Waals surface area contributed by atoms with Gasteiger partial charge in [-0.05, 0) is 267 Å². The smallest absolute Gasteiger partial charge is 0.362 e. The summed E-state index contributed by atoms with van der Waals surface area (Å²) >= 11 is 17.9. The van der Waals surface area contributed by atoms with E-state index in [0.717, 1.165) is 121 Å². The minimum atomic E-state index is -0.243. The number of rotatable bonds is 9. The summed E-state index contributed by atoms with van der Waals surface area (Å²) in [6.45, 7) is 14.9. The van der Waals surface area contributed by atoms with Crippen molar-refractivity contribution < 1.29 is 58.9 Å². The maximum Gasteiger partial charge on any atom is 0.362 e. The summed E-state index contributed by atoms with van der Waals surface area (Å²) in [5.74, 6) is -1.37. The van der Waals surface area contributed by atoms with E-state index < -0.39 is 0 Å². The molecule has 4 N–H and O–H groups in total. The van der Waals surface area contributed by atoms with Crippen LogP contribution >= 0.6 is 34.8 Å². The summed E-state index contributed by atoms with van der Waals surface area (Å²) in [6, 6.07) is 88.8. The molecule has 0 aliphatic carbocycles. The number of nitriles is 1. The number of nitrogens with two attached hydrogens (primary N) is 2. The first-order chi connectivity index (χ1) is 60.2. The minimum Gasteiger partial charge on any atom is -0.423 e. The first-order valence-electron chi connectivity index (χ1n) is 40.2. The molecule has 14 aromatic carbocycles. The average molecular weight is 1710 g/mol. The molecule has 0 bridgehead atoms. The van der Waals surface area contributed by atoms with Gasteiger partial charge in [0.25, 0.3) is 0 Å². The molecule has 0 atom stereocenters. The first-order valence-corrected chi connectivity index (χ1v) is 41.3. The van der Waals surface area contributed by atoms with Gasteiger partial charge < -0.3 is 44.0 Å². The van der Waals surface area contributed by atoms with Gasteiger partial charge in [-0.15, -0.1) is 0 Å². The van der Waals surface area contributed by atoms with Crippen molar-refractivity contribution >= 4 is 165 Å². The van der Waals surface area contributed by atoms with Gasteiger partial charge in [0.2, 0.25) is 0 Å². The molecule has 0 fully saturated rings. The fraction of sp³-hybridized carbons (Fsp3) is 0.113. The van der Waals surface area contributed by atoms with Gasteiger partial charge in [-0.1, -0.05) is 210 Å². The molecule has 0 aromatic heterocycles. The van der Waals surface area contributed by atoms with Crippen molar-refractivity contribution in [2.45, 2.75) is 73.2 Å². The Balaban J connectivity index is 0.000000112. The van der Waals surface area contributed by atoms with Crippen LogP contribution in [0.4, 0.5) is 32.0 Å². The van der Waals surface area contributed by atoms with Gasteiger partial charge in [-0.25, -0.2) is 31.2 Å². The van der Waals surface area contributed by atoms with Crippen LogP contribution in [0.25, 0.3) is 4.85 Å². The summed E-state index contributed by atoms with van der Waals surface area (Å²) in [5.41, 5.74) is 38.7. The Morgan fingerprint density at radius 3 is 1.00 bits per heavy atom. The standard InChI is InChI=1S/C15H14BClO.C14H9BFNO.C14H13BFNO.C14H9BFNO.C14H13BFNO.2C13H9BClFO/c1-10-6-12-9-18-16(15(12)7-11(10)2)13-4-3-5-14(17)8-13;1-17-13-4-2-3-11(8-13)15-14-6-5-12(16)7-10(14)9-18-15;2*16-13-5-6-14-11(7-13)9-18-15(14)12-3-1-10(8-17)2-4-12;16-13-4-5-14-11(7-13)9-18-15(14)12-3-1-2-10(6-12)8-17;15-11-4-5-13-9(6-11)8-17-14(13)10-2-1-3-12(16)7-10;15-11-3-1-2-10(7-11)14-13-5-4-12(16)6-9(13)8-17-14/h3-8H,9H2,1-2H3;2-8H,9H2;1-7H,8-9,17H2;1-7H,9H2;1-7H,8-9,17H2;2*1-7H,8H2. The zero-order chi connectivity index (χ0) is 86.5. The molecule has 0 unspecified atom stereocenters. The summed E-state index contributed by atoms with van der Waals surface area (Å²) in [4.78, 5) is 3.41. The zero-order valence-corrected chi connectivity index (χ0v) is 69.7. The second-order valence-electron chi connectivity index (χ2n) is 30.5. The molecule has 0 radical (unpaired) electrons. The van der Waals surface area contributed by atoms with E-state index in [1.807, 2.05) is 146 Å². The number of hydrogen-bond acceptors (Lipinski definition) is 10. The quantitative estimate of drug-likeness (QED) is 0.0814. The van der Waals surface area contributed by atoms with Crippen LogP contribution < -0.4 is 87.9 Å². The van der Waals surface area contributed by atoms with Crippen LogP contribution in [0, 0.1) is 66.7 Å². The van der Waals surface area contributed by atoms with Crippen LogP contribution in [0.5, 0.6) is 0 Å². The lowest BCUT2D eigenvalue weighted by Crippen LogP contribution is -2.41. The molecule has 21 rings (SSSR count). The lowest BCUT2D eigenvalue weighted by Gasteiger charge is -2.09. The zero-order valence-electron chi connectivity index (χ0n) is 67.4. The lowest BCUT2D eigenvalue weighted by molar-refractivity contribution is 0.336. The Morgan fingerprint density at radius 1 is 0.306 bits per heavy atom. The van der Waals surface area contributed by atoms with E-state index in [9.17, 15) is 26.3 Å². The molecule has 124 heavy (non-hydrogen) atoms. The predicted molar refractivity (Wildman–Crippen MR) is 490 cm³/mol. The first kappa shape index (κ1) is 87.5. The number of benzene rings is 14. The molecule has 27 heteroatoms. The molecule has 7 heterocycles. The lowest BCUT2D eigenvalue weighted by atomic mass is 9.55. The average Bonchev–Trinajstić information content (AvgIpc) is 1.66. The Hall–Kier alpha value is -11.4. The molecule has 0 amide bonds. The van der Waals surface area contributed by atoms with E-state index in [1.54, 1.807) is 66.7 Å². The van der Waals surface area contributed by atoms with Crippen LogP contribution in [-0.4, -0.2) is 48.4 Å². The van der Waals surface area contributed by atoms with Crippen molar-refractivity contribution in [3.8, 4) is 6.07 Å². The van der Waals surface area contributed by atoms with Crippen LogP contribution in [0.15, 0.2) is 291 Å². The molecular formula is C97H76B7Cl3F6N4O7. The highest BCUT2D eigenvalue weighted by atomic mass is 35.5. The highest BCUT2D eigenvalue weighted by Gasteiger charge is 2.37. The predicted octanol–water partition coefficient (Wildman–Crippen LogP) is 12.0. The van der Waals surface area contributed by atoms with Crippen molar-refractivity contribution in [2.24, 2.45) is 11.5 Å². The summed E-state index contributed by atoms with van der Waals surface area (Å²) in [5, 5.41) is 10.9. The minimum absolute atomic E-state index is 0.0259. The monoisotopic (exact) mass is 1700 g/mol. The SMILES string of the molecule is Cc1cc2c(cc1C)B(c1cccc(Cl)c1)OC2.Fc1ccc2c(c1)COB2c1cccc(Cl)c1.Fc1cccc(B2OCc3cc(Cl)ccc32)c1.N#Cc1ccc(B2OCc3cc(F)ccc32)cc1.NCc1ccc(B2OCc3cc(F)ccc32)cc1.NCc1cccc(B2OCc3cc(F)ccc32)c1.[C-]#[N+]c1cccc(B2OCc3cc(F)ccc32)c1. The third-order valence-corrected chi connectivity index (χ3v) is 23.0. The Kier molecular flexibility index (Phi) is 28.6. The van der Waals surface area contributed by atoms with Crippen LogP contribution in [0.1, 0.15) is 66.8 Å². The summed E-state index contributed by atoms with van der Waals surface area (Å²) in [7, 11) is 0.